The smallest absolute Gasteiger partial charge is 0.233 e. The highest BCUT2D eigenvalue weighted by atomic mass is 127. The number of piperidine rings is 1. The van der Waals surface area contributed by atoms with Crippen molar-refractivity contribution < 1.29 is 4.79 Å². The van der Waals surface area contributed by atoms with Crippen LogP contribution in [0.2, 0.25) is 0 Å². The summed E-state index contributed by atoms with van der Waals surface area (Å²) in [5, 5.41) is 12.4. The highest BCUT2D eigenvalue weighted by Crippen LogP contribution is 2.21. The molecule has 0 atom stereocenters. The summed E-state index contributed by atoms with van der Waals surface area (Å²) >= 11 is 3.65. The Labute approximate surface area is 153 Å². The first-order valence-corrected chi connectivity index (χ1v) is 9.65. The molecular formula is C15H18IN5OS. The Hall–Kier alpha value is -1.16. The molecule has 0 N–H and O–H groups in total. The molecule has 6 nitrogen and oxygen atoms in total. The Balaban J connectivity index is 1.62. The molecule has 2 heterocycles. The van der Waals surface area contributed by atoms with Gasteiger partial charge in [0.1, 0.15) is 0 Å². The number of likely N-dealkylation sites (tertiary alicyclic amines) is 1. The third kappa shape index (κ3) is 4.23. The molecule has 1 saturated heterocycles. The molecule has 1 fully saturated rings. The molecule has 1 aromatic heterocycles. The van der Waals surface area contributed by atoms with E-state index in [1.165, 1.54) is 11.8 Å². The first-order valence-electron chi connectivity index (χ1n) is 7.58. The minimum atomic E-state index is 0.166. The summed E-state index contributed by atoms with van der Waals surface area (Å²) in [6.07, 6.45) is 2.19. The Bertz CT molecular complexity index is 667. The van der Waals surface area contributed by atoms with Gasteiger partial charge in [0.2, 0.25) is 11.1 Å². The van der Waals surface area contributed by atoms with Crippen LogP contribution in [0.25, 0.3) is 5.69 Å². The van der Waals surface area contributed by atoms with Gasteiger partial charge in [0.05, 0.1) is 11.4 Å². The Kier molecular flexibility index (Phi) is 5.52. The number of amides is 1. The van der Waals surface area contributed by atoms with Crippen molar-refractivity contribution in [2.75, 3.05) is 18.8 Å². The van der Waals surface area contributed by atoms with Gasteiger partial charge < -0.3 is 4.90 Å². The summed E-state index contributed by atoms with van der Waals surface area (Å²) in [7, 11) is 0. The molecule has 0 unspecified atom stereocenters. The topological polar surface area (TPSA) is 63.9 Å². The van der Waals surface area contributed by atoms with Crippen LogP contribution in [0.4, 0.5) is 0 Å². The Morgan fingerprint density at radius 1 is 1.30 bits per heavy atom. The van der Waals surface area contributed by atoms with Crippen LogP contribution in [0.15, 0.2) is 29.4 Å². The molecule has 122 valence electrons. The number of tetrazole rings is 1. The molecule has 0 saturated carbocycles. The van der Waals surface area contributed by atoms with E-state index < -0.39 is 0 Å². The van der Waals surface area contributed by atoms with Crippen molar-refractivity contribution in [3.8, 4) is 5.69 Å². The molecule has 23 heavy (non-hydrogen) atoms. The molecule has 0 radical (unpaired) electrons. The first-order chi connectivity index (χ1) is 11.1. The van der Waals surface area contributed by atoms with Crippen molar-refractivity contribution in [3.05, 3.63) is 27.8 Å². The lowest BCUT2D eigenvalue weighted by Gasteiger charge is -2.30. The number of carbonyl (C=O) groups excluding carboxylic acids is 1. The van der Waals surface area contributed by atoms with Crippen molar-refractivity contribution in [2.45, 2.75) is 24.9 Å². The molecule has 3 rings (SSSR count). The van der Waals surface area contributed by atoms with Crippen LogP contribution in [0.5, 0.6) is 0 Å². The van der Waals surface area contributed by atoms with E-state index in [1.807, 2.05) is 29.2 Å². The zero-order valence-electron chi connectivity index (χ0n) is 12.9. The average Bonchev–Trinajstić information content (AvgIpc) is 3.02. The minimum absolute atomic E-state index is 0.166. The summed E-state index contributed by atoms with van der Waals surface area (Å²) in [5.74, 6) is 1.26. The second-order valence-electron chi connectivity index (χ2n) is 5.70. The third-order valence-electron chi connectivity index (χ3n) is 3.97. The van der Waals surface area contributed by atoms with Crippen molar-refractivity contribution in [2.24, 2.45) is 5.92 Å². The number of hydrogen-bond donors (Lipinski definition) is 0. The van der Waals surface area contributed by atoms with Crippen molar-refractivity contribution in [1.29, 1.82) is 0 Å². The van der Waals surface area contributed by atoms with Gasteiger partial charge in [0.25, 0.3) is 0 Å². The van der Waals surface area contributed by atoms with Gasteiger partial charge in [-0.2, -0.15) is 4.68 Å². The Morgan fingerprint density at radius 2 is 2.00 bits per heavy atom. The lowest BCUT2D eigenvalue weighted by atomic mass is 9.99. The molecule has 1 aliphatic heterocycles. The summed E-state index contributed by atoms with van der Waals surface area (Å²) < 4.78 is 2.83. The van der Waals surface area contributed by atoms with Crippen LogP contribution in [0.1, 0.15) is 19.8 Å². The number of benzene rings is 1. The maximum Gasteiger partial charge on any atom is 0.233 e. The van der Waals surface area contributed by atoms with E-state index in [9.17, 15) is 4.79 Å². The normalized spacial score (nSPS) is 15.8. The molecule has 0 bridgehead atoms. The number of carbonyl (C=O) groups is 1. The average molecular weight is 443 g/mol. The molecule has 0 aliphatic carbocycles. The van der Waals surface area contributed by atoms with Gasteiger partial charge in [-0.3, -0.25) is 4.79 Å². The maximum absolute atomic E-state index is 12.3. The van der Waals surface area contributed by atoms with E-state index in [0.717, 1.165) is 41.1 Å². The predicted molar refractivity (Wildman–Crippen MR) is 97.6 cm³/mol. The fourth-order valence-electron chi connectivity index (χ4n) is 2.49. The van der Waals surface area contributed by atoms with Crippen molar-refractivity contribution in [1.82, 2.24) is 25.1 Å². The van der Waals surface area contributed by atoms with Crippen molar-refractivity contribution in [3.63, 3.8) is 0 Å². The van der Waals surface area contributed by atoms with E-state index in [1.54, 1.807) is 4.68 Å². The van der Waals surface area contributed by atoms with E-state index in [4.69, 9.17) is 0 Å². The standard InChI is InChI=1S/C15H18IN5OS/c1-11-6-8-20(9-7-11)14(22)10-23-15-17-18-19-21(15)13-4-2-12(16)3-5-13/h2-5,11H,6-10H2,1H3. The van der Waals surface area contributed by atoms with Crippen molar-refractivity contribution >= 4 is 40.3 Å². The SMILES string of the molecule is CC1CCN(C(=O)CSc2nnnn2-c2ccc(I)cc2)CC1. The number of thioether (sulfide) groups is 1. The molecule has 1 aliphatic rings. The van der Waals surface area contributed by atoms with Gasteiger partial charge in [-0.25, -0.2) is 0 Å². The summed E-state index contributed by atoms with van der Waals surface area (Å²) in [4.78, 5) is 14.3. The van der Waals surface area contributed by atoms with Crippen LogP contribution >= 0.6 is 34.4 Å². The molecule has 1 aromatic carbocycles. The highest BCUT2D eigenvalue weighted by Gasteiger charge is 2.21. The fourth-order valence-corrected chi connectivity index (χ4v) is 3.64. The van der Waals surface area contributed by atoms with Gasteiger partial charge in [-0.15, -0.1) is 5.10 Å². The quantitative estimate of drug-likeness (QED) is 0.537. The number of nitrogens with zero attached hydrogens (tertiary/aromatic N) is 5. The van der Waals surface area contributed by atoms with Gasteiger partial charge in [-0.05, 0) is 76.0 Å². The van der Waals surface area contributed by atoms with E-state index in [-0.39, 0.29) is 5.91 Å². The third-order valence-corrected chi connectivity index (χ3v) is 5.60. The van der Waals surface area contributed by atoms with Crippen LogP contribution in [0, 0.1) is 9.49 Å². The number of aromatic nitrogens is 4. The highest BCUT2D eigenvalue weighted by molar-refractivity contribution is 14.1. The van der Waals surface area contributed by atoms with Gasteiger partial charge in [-0.1, -0.05) is 18.7 Å². The molecule has 0 spiro atoms. The number of hydrogen-bond acceptors (Lipinski definition) is 5. The summed E-state index contributed by atoms with van der Waals surface area (Å²) in [5.41, 5.74) is 0.900. The van der Waals surface area contributed by atoms with Gasteiger partial charge in [0.15, 0.2) is 0 Å². The van der Waals surface area contributed by atoms with Crippen LogP contribution < -0.4 is 0 Å². The zero-order valence-corrected chi connectivity index (χ0v) is 15.8. The van der Waals surface area contributed by atoms with Crippen LogP contribution in [-0.2, 0) is 4.79 Å². The van der Waals surface area contributed by atoms with Crippen LogP contribution in [-0.4, -0.2) is 49.9 Å². The predicted octanol–water partition coefficient (Wildman–Crippen LogP) is 2.62. The van der Waals surface area contributed by atoms with Gasteiger partial charge in [0, 0.05) is 16.7 Å². The summed E-state index contributed by atoms with van der Waals surface area (Å²) in [6, 6.07) is 7.95. The van der Waals surface area contributed by atoms with Gasteiger partial charge >= 0.3 is 0 Å². The maximum atomic E-state index is 12.3. The minimum Gasteiger partial charge on any atom is -0.342 e. The second-order valence-corrected chi connectivity index (χ2v) is 7.89. The second kappa shape index (κ2) is 7.61. The number of halogens is 1. The zero-order chi connectivity index (χ0) is 16.2. The van der Waals surface area contributed by atoms with Crippen LogP contribution in [0.3, 0.4) is 0 Å². The molecule has 1 amide bonds. The van der Waals surface area contributed by atoms with E-state index >= 15 is 0 Å². The largest absolute Gasteiger partial charge is 0.342 e. The summed E-state index contributed by atoms with van der Waals surface area (Å²) in [6.45, 7) is 3.97. The molecular weight excluding hydrogens is 425 g/mol. The Morgan fingerprint density at radius 3 is 2.70 bits per heavy atom. The lowest BCUT2D eigenvalue weighted by Crippen LogP contribution is -2.38. The van der Waals surface area contributed by atoms with E-state index in [2.05, 4.69) is 45.0 Å². The molecule has 2 aromatic rings. The number of rotatable bonds is 4. The lowest BCUT2D eigenvalue weighted by molar-refractivity contribution is -0.129. The molecule has 8 heteroatoms. The first kappa shape index (κ1) is 16.7. The fraction of sp³-hybridized carbons (Fsp3) is 0.467. The monoisotopic (exact) mass is 443 g/mol. The van der Waals surface area contributed by atoms with E-state index in [0.29, 0.717) is 10.9 Å².